The molecule has 4 rings (SSSR count). The van der Waals surface area contributed by atoms with Crippen molar-refractivity contribution < 1.29 is 4.79 Å². The van der Waals surface area contributed by atoms with E-state index in [1.807, 2.05) is 13.2 Å². The highest BCUT2D eigenvalue weighted by Gasteiger charge is 2.30. The van der Waals surface area contributed by atoms with Crippen molar-refractivity contribution >= 4 is 22.8 Å². The Morgan fingerprint density at radius 1 is 1.23 bits per heavy atom. The summed E-state index contributed by atoms with van der Waals surface area (Å²) < 4.78 is 1.76. The molecule has 7 heteroatoms. The van der Waals surface area contributed by atoms with Gasteiger partial charge in [0.15, 0.2) is 5.65 Å². The smallest absolute Gasteiger partial charge is 0.223 e. The van der Waals surface area contributed by atoms with Crippen molar-refractivity contribution in [3.05, 3.63) is 12.5 Å². The van der Waals surface area contributed by atoms with Gasteiger partial charge >= 0.3 is 0 Å². The van der Waals surface area contributed by atoms with Crippen LogP contribution in [-0.4, -0.2) is 44.8 Å². The zero-order valence-electron chi connectivity index (χ0n) is 12.7. The standard InChI is InChI=1S/C15H20N6O/c1-20-13-12(8-18-20)14(17-9-16-13)21-6-4-10(5-7-21)15(22)19-11-2-3-11/h8-11H,2-7H2,1H3,(H,19,22). The summed E-state index contributed by atoms with van der Waals surface area (Å²) in [5.41, 5.74) is 0.846. The molecule has 1 N–H and O–H groups in total. The lowest BCUT2D eigenvalue weighted by atomic mass is 9.96. The van der Waals surface area contributed by atoms with Crippen LogP contribution in [0.1, 0.15) is 25.7 Å². The van der Waals surface area contributed by atoms with Crippen molar-refractivity contribution in [3.63, 3.8) is 0 Å². The molecule has 0 radical (unpaired) electrons. The molecular formula is C15H20N6O. The number of rotatable bonds is 3. The van der Waals surface area contributed by atoms with Gasteiger partial charge in [0.2, 0.25) is 5.91 Å². The SMILES string of the molecule is Cn1ncc2c(N3CCC(C(=O)NC4CC4)CC3)ncnc21. The number of carbonyl (C=O) groups is 1. The predicted octanol–water partition coefficient (Wildman–Crippen LogP) is 0.858. The molecule has 2 aromatic rings. The van der Waals surface area contributed by atoms with E-state index >= 15 is 0 Å². The van der Waals surface area contributed by atoms with Crippen LogP contribution in [0, 0.1) is 5.92 Å². The fourth-order valence-corrected chi connectivity index (χ4v) is 3.10. The molecule has 0 unspecified atom stereocenters. The van der Waals surface area contributed by atoms with Gasteiger partial charge in [-0.2, -0.15) is 5.10 Å². The van der Waals surface area contributed by atoms with Crippen LogP contribution in [0.5, 0.6) is 0 Å². The molecule has 2 fully saturated rings. The van der Waals surface area contributed by atoms with Gasteiger partial charge in [-0.05, 0) is 25.7 Å². The number of hydrogen-bond donors (Lipinski definition) is 1. The third kappa shape index (κ3) is 2.40. The number of amides is 1. The van der Waals surface area contributed by atoms with E-state index in [1.54, 1.807) is 11.0 Å². The maximum atomic E-state index is 12.1. The van der Waals surface area contributed by atoms with Gasteiger partial charge in [0, 0.05) is 32.1 Å². The molecule has 2 aliphatic rings. The summed E-state index contributed by atoms with van der Waals surface area (Å²) in [7, 11) is 1.88. The van der Waals surface area contributed by atoms with Crippen LogP contribution in [0.2, 0.25) is 0 Å². The Morgan fingerprint density at radius 3 is 2.73 bits per heavy atom. The van der Waals surface area contributed by atoms with Gasteiger partial charge in [0.05, 0.1) is 11.6 Å². The Labute approximate surface area is 128 Å². The Kier molecular flexibility index (Phi) is 3.20. The molecule has 0 atom stereocenters. The first-order chi connectivity index (χ1) is 10.7. The van der Waals surface area contributed by atoms with Crippen LogP contribution in [0.15, 0.2) is 12.5 Å². The summed E-state index contributed by atoms with van der Waals surface area (Å²) in [5, 5.41) is 8.35. The number of nitrogens with zero attached hydrogens (tertiary/aromatic N) is 5. The Balaban J connectivity index is 1.47. The van der Waals surface area contributed by atoms with Crippen molar-refractivity contribution in [3.8, 4) is 0 Å². The number of anilines is 1. The highest BCUT2D eigenvalue weighted by molar-refractivity contribution is 5.87. The Bertz CT molecular complexity index is 699. The van der Waals surface area contributed by atoms with Gasteiger partial charge in [-0.25, -0.2) is 9.97 Å². The zero-order valence-corrected chi connectivity index (χ0v) is 12.7. The Hall–Kier alpha value is -2.18. The molecular weight excluding hydrogens is 280 g/mol. The summed E-state index contributed by atoms with van der Waals surface area (Å²) >= 11 is 0. The van der Waals surface area contributed by atoms with E-state index in [2.05, 4.69) is 25.3 Å². The maximum Gasteiger partial charge on any atom is 0.223 e. The summed E-state index contributed by atoms with van der Waals surface area (Å²) in [6.07, 6.45) is 7.45. The average Bonchev–Trinajstić information content (AvgIpc) is 3.28. The molecule has 1 saturated carbocycles. The molecule has 1 saturated heterocycles. The minimum Gasteiger partial charge on any atom is -0.356 e. The van der Waals surface area contributed by atoms with E-state index in [1.165, 1.54) is 0 Å². The first-order valence-corrected chi connectivity index (χ1v) is 7.90. The number of nitrogens with one attached hydrogen (secondary N) is 1. The molecule has 22 heavy (non-hydrogen) atoms. The van der Waals surface area contributed by atoms with Gasteiger partial charge in [-0.15, -0.1) is 0 Å². The molecule has 116 valence electrons. The number of hydrogen-bond acceptors (Lipinski definition) is 5. The number of carbonyl (C=O) groups excluding carboxylic acids is 1. The lowest BCUT2D eigenvalue weighted by Gasteiger charge is -2.32. The first kappa shape index (κ1) is 13.5. The summed E-state index contributed by atoms with van der Waals surface area (Å²) in [6.45, 7) is 1.70. The van der Waals surface area contributed by atoms with Crippen LogP contribution in [0.25, 0.3) is 11.0 Å². The molecule has 1 aliphatic heterocycles. The number of aryl methyl sites for hydroxylation is 1. The van der Waals surface area contributed by atoms with E-state index in [9.17, 15) is 4.79 Å². The van der Waals surface area contributed by atoms with Crippen molar-refractivity contribution in [2.75, 3.05) is 18.0 Å². The van der Waals surface area contributed by atoms with Gasteiger partial charge in [0.25, 0.3) is 0 Å². The third-order valence-corrected chi connectivity index (χ3v) is 4.60. The second kappa shape index (κ2) is 5.23. The highest BCUT2D eigenvalue weighted by atomic mass is 16.2. The fraction of sp³-hybridized carbons (Fsp3) is 0.600. The summed E-state index contributed by atoms with van der Waals surface area (Å²) in [4.78, 5) is 23.1. The fourth-order valence-electron chi connectivity index (χ4n) is 3.10. The van der Waals surface area contributed by atoms with Crippen molar-refractivity contribution in [2.24, 2.45) is 13.0 Å². The molecule has 1 aliphatic carbocycles. The molecule has 3 heterocycles. The van der Waals surface area contributed by atoms with Gasteiger partial charge < -0.3 is 10.2 Å². The minimum atomic E-state index is 0.142. The van der Waals surface area contributed by atoms with E-state index in [4.69, 9.17) is 0 Å². The molecule has 1 amide bonds. The monoisotopic (exact) mass is 300 g/mol. The van der Waals surface area contributed by atoms with Gasteiger partial charge in [-0.1, -0.05) is 0 Å². The highest BCUT2D eigenvalue weighted by Crippen LogP contribution is 2.28. The third-order valence-electron chi connectivity index (χ3n) is 4.60. The number of piperidine rings is 1. The van der Waals surface area contributed by atoms with Crippen LogP contribution < -0.4 is 10.2 Å². The zero-order chi connectivity index (χ0) is 15.1. The predicted molar refractivity (Wildman–Crippen MR) is 82.4 cm³/mol. The largest absolute Gasteiger partial charge is 0.356 e. The molecule has 2 aromatic heterocycles. The van der Waals surface area contributed by atoms with Crippen molar-refractivity contribution in [2.45, 2.75) is 31.7 Å². The molecule has 7 nitrogen and oxygen atoms in total. The molecule has 0 spiro atoms. The van der Waals surface area contributed by atoms with Gasteiger partial charge in [0.1, 0.15) is 12.1 Å². The van der Waals surface area contributed by atoms with Crippen LogP contribution in [-0.2, 0) is 11.8 Å². The quantitative estimate of drug-likeness (QED) is 0.910. The number of fused-ring (bicyclic) bond motifs is 1. The van der Waals surface area contributed by atoms with Crippen molar-refractivity contribution in [1.82, 2.24) is 25.1 Å². The lowest BCUT2D eigenvalue weighted by molar-refractivity contribution is -0.125. The second-order valence-corrected chi connectivity index (χ2v) is 6.25. The lowest BCUT2D eigenvalue weighted by Crippen LogP contribution is -2.41. The van der Waals surface area contributed by atoms with Crippen LogP contribution in [0.4, 0.5) is 5.82 Å². The second-order valence-electron chi connectivity index (χ2n) is 6.25. The van der Waals surface area contributed by atoms with Crippen LogP contribution in [0.3, 0.4) is 0 Å². The Morgan fingerprint density at radius 2 is 2.00 bits per heavy atom. The molecule has 0 aromatic carbocycles. The van der Waals surface area contributed by atoms with Gasteiger partial charge in [-0.3, -0.25) is 9.48 Å². The maximum absolute atomic E-state index is 12.1. The van der Waals surface area contributed by atoms with Crippen molar-refractivity contribution in [1.29, 1.82) is 0 Å². The van der Waals surface area contributed by atoms with E-state index in [0.29, 0.717) is 6.04 Å². The summed E-state index contributed by atoms with van der Waals surface area (Å²) in [5.74, 6) is 1.30. The average molecular weight is 300 g/mol. The number of aromatic nitrogens is 4. The van der Waals surface area contributed by atoms with E-state index < -0.39 is 0 Å². The van der Waals surface area contributed by atoms with E-state index in [0.717, 1.165) is 55.6 Å². The van der Waals surface area contributed by atoms with Crippen LogP contribution >= 0.6 is 0 Å². The first-order valence-electron chi connectivity index (χ1n) is 7.90. The van der Waals surface area contributed by atoms with E-state index in [-0.39, 0.29) is 11.8 Å². The normalized spacial score (nSPS) is 19.6. The summed E-state index contributed by atoms with van der Waals surface area (Å²) in [6, 6.07) is 0.447. The minimum absolute atomic E-state index is 0.142. The topological polar surface area (TPSA) is 75.9 Å². The molecule has 0 bridgehead atoms.